The van der Waals surface area contributed by atoms with E-state index in [9.17, 15) is 22.0 Å². The molecule has 0 fully saturated rings. The summed E-state index contributed by atoms with van der Waals surface area (Å²) < 4.78 is 63.7. The predicted molar refractivity (Wildman–Crippen MR) is 44.1 cm³/mol. The van der Waals surface area contributed by atoms with E-state index in [4.69, 9.17) is 6.42 Å². The molecule has 0 saturated heterocycles. The molecule has 78 valence electrons. The molecular formula is C10H3F5. The van der Waals surface area contributed by atoms with Crippen LogP contribution in [0.4, 0.5) is 22.0 Å². The fourth-order valence-corrected chi connectivity index (χ4v) is 0.942. The van der Waals surface area contributed by atoms with Gasteiger partial charge in [0, 0.05) is 5.57 Å². The first-order valence-corrected chi connectivity index (χ1v) is 3.59. The summed E-state index contributed by atoms with van der Waals surface area (Å²) in [5.41, 5.74) is -1.78. The van der Waals surface area contributed by atoms with Crippen molar-refractivity contribution in [2.75, 3.05) is 0 Å². The van der Waals surface area contributed by atoms with E-state index in [0.29, 0.717) is 0 Å². The third-order valence-electron chi connectivity index (χ3n) is 1.69. The Kier molecular flexibility index (Phi) is 2.80. The van der Waals surface area contributed by atoms with Crippen molar-refractivity contribution in [3.8, 4) is 12.3 Å². The molecule has 1 aromatic rings. The van der Waals surface area contributed by atoms with Gasteiger partial charge in [-0.25, -0.2) is 22.0 Å². The number of rotatable bonds is 1. The standard InChI is InChI=1S/C10H3F5/c1-3-4(2)5-6(11)8(13)10(15)9(14)7(5)12/h1H,2H2. The Morgan fingerprint density at radius 1 is 0.867 bits per heavy atom. The van der Waals surface area contributed by atoms with E-state index in [1.54, 1.807) is 5.92 Å². The van der Waals surface area contributed by atoms with Gasteiger partial charge >= 0.3 is 0 Å². The second kappa shape index (κ2) is 3.73. The second-order valence-corrected chi connectivity index (χ2v) is 2.57. The van der Waals surface area contributed by atoms with Gasteiger partial charge in [-0.15, -0.1) is 6.42 Å². The average Bonchev–Trinajstić information content (AvgIpc) is 2.23. The number of terminal acetylenes is 1. The van der Waals surface area contributed by atoms with Crippen LogP contribution in [0.2, 0.25) is 0 Å². The van der Waals surface area contributed by atoms with Crippen molar-refractivity contribution in [2.24, 2.45) is 0 Å². The van der Waals surface area contributed by atoms with Crippen LogP contribution in [0, 0.1) is 41.4 Å². The fourth-order valence-electron chi connectivity index (χ4n) is 0.942. The Labute approximate surface area is 82.0 Å². The van der Waals surface area contributed by atoms with Gasteiger partial charge in [0.1, 0.15) is 0 Å². The zero-order valence-electron chi connectivity index (χ0n) is 7.17. The van der Waals surface area contributed by atoms with Gasteiger partial charge in [0.15, 0.2) is 23.3 Å². The van der Waals surface area contributed by atoms with Crippen LogP contribution in [0.25, 0.3) is 5.57 Å². The fraction of sp³-hybridized carbons (Fsp3) is 0. The van der Waals surface area contributed by atoms with Gasteiger partial charge in [-0.05, 0) is 0 Å². The highest BCUT2D eigenvalue weighted by atomic mass is 19.2. The van der Waals surface area contributed by atoms with E-state index in [1.807, 2.05) is 0 Å². The Bertz CT molecular complexity index is 453. The van der Waals surface area contributed by atoms with Gasteiger partial charge < -0.3 is 0 Å². The third kappa shape index (κ3) is 1.59. The summed E-state index contributed by atoms with van der Waals surface area (Å²) in [5.74, 6) is -8.55. The number of hydrogen-bond donors (Lipinski definition) is 0. The van der Waals surface area contributed by atoms with Gasteiger partial charge in [0.25, 0.3) is 0 Å². The molecule has 0 amide bonds. The maximum absolute atomic E-state index is 13.0. The van der Waals surface area contributed by atoms with Crippen molar-refractivity contribution < 1.29 is 22.0 Å². The van der Waals surface area contributed by atoms with Crippen LogP contribution in [-0.4, -0.2) is 0 Å². The average molecular weight is 218 g/mol. The summed E-state index contributed by atoms with van der Waals surface area (Å²) in [6.45, 7) is 3.01. The lowest BCUT2D eigenvalue weighted by Gasteiger charge is -2.06. The van der Waals surface area contributed by atoms with Gasteiger partial charge in [-0.3, -0.25) is 0 Å². The molecule has 0 spiro atoms. The van der Waals surface area contributed by atoms with Gasteiger partial charge in [0.2, 0.25) is 5.82 Å². The lowest BCUT2D eigenvalue weighted by molar-refractivity contribution is 0.376. The molecule has 0 saturated carbocycles. The predicted octanol–water partition coefficient (Wildman–Crippen LogP) is 3.03. The third-order valence-corrected chi connectivity index (χ3v) is 1.69. The molecule has 0 aliphatic carbocycles. The summed E-state index contributed by atoms with van der Waals surface area (Å²) >= 11 is 0. The van der Waals surface area contributed by atoms with Crippen LogP contribution in [0.1, 0.15) is 5.56 Å². The number of allylic oxidation sites excluding steroid dienone is 1. The van der Waals surface area contributed by atoms with E-state index in [-0.39, 0.29) is 0 Å². The molecule has 0 nitrogen and oxygen atoms in total. The first-order chi connectivity index (χ1) is 6.91. The van der Waals surface area contributed by atoms with E-state index in [2.05, 4.69) is 6.58 Å². The van der Waals surface area contributed by atoms with Gasteiger partial charge in [0.05, 0.1) is 5.56 Å². The minimum absolute atomic E-state index is 0.609. The molecule has 0 aliphatic heterocycles. The molecule has 0 unspecified atom stereocenters. The lowest BCUT2D eigenvalue weighted by atomic mass is 10.1. The molecule has 0 N–H and O–H groups in total. The molecule has 0 atom stereocenters. The van der Waals surface area contributed by atoms with Gasteiger partial charge in [-0.1, -0.05) is 12.5 Å². The van der Waals surface area contributed by atoms with Crippen LogP contribution in [0.5, 0.6) is 0 Å². The van der Waals surface area contributed by atoms with E-state index in [0.717, 1.165) is 0 Å². The highest BCUT2D eigenvalue weighted by Crippen LogP contribution is 2.27. The molecular weight excluding hydrogens is 215 g/mol. The summed E-state index contributed by atoms with van der Waals surface area (Å²) in [4.78, 5) is 0. The van der Waals surface area contributed by atoms with Crippen LogP contribution in [0.3, 0.4) is 0 Å². The molecule has 0 bridgehead atoms. The Hall–Kier alpha value is -1.83. The molecule has 1 rings (SSSR count). The Balaban J connectivity index is 3.69. The van der Waals surface area contributed by atoms with E-state index in [1.165, 1.54) is 0 Å². The molecule has 0 aliphatic rings. The van der Waals surface area contributed by atoms with Crippen molar-refractivity contribution >= 4 is 5.57 Å². The zero-order chi connectivity index (χ0) is 11.7. The largest absolute Gasteiger partial charge is 0.203 e. The minimum atomic E-state index is -2.22. The maximum atomic E-state index is 13.0. The van der Waals surface area contributed by atoms with Crippen LogP contribution in [-0.2, 0) is 0 Å². The summed E-state index contributed by atoms with van der Waals surface area (Å²) in [6.07, 6.45) is 4.76. The maximum Gasteiger partial charge on any atom is 0.200 e. The number of halogens is 5. The van der Waals surface area contributed by atoms with Crippen molar-refractivity contribution in [3.05, 3.63) is 41.2 Å². The smallest absolute Gasteiger partial charge is 0.200 e. The number of hydrogen-bond acceptors (Lipinski definition) is 0. The first kappa shape index (κ1) is 11.2. The highest BCUT2D eigenvalue weighted by molar-refractivity contribution is 5.77. The molecule has 0 heterocycles. The van der Waals surface area contributed by atoms with Crippen LogP contribution in [0.15, 0.2) is 6.58 Å². The minimum Gasteiger partial charge on any atom is -0.203 e. The zero-order valence-corrected chi connectivity index (χ0v) is 7.17. The first-order valence-electron chi connectivity index (χ1n) is 3.59. The van der Waals surface area contributed by atoms with Crippen LogP contribution >= 0.6 is 0 Å². The monoisotopic (exact) mass is 218 g/mol. The number of benzene rings is 1. The Morgan fingerprint density at radius 3 is 1.53 bits per heavy atom. The second-order valence-electron chi connectivity index (χ2n) is 2.57. The van der Waals surface area contributed by atoms with Crippen molar-refractivity contribution in [1.29, 1.82) is 0 Å². The normalized spacial score (nSPS) is 9.87. The SMILES string of the molecule is C#CC(=C)c1c(F)c(F)c(F)c(F)c1F. The van der Waals surface area contributed by atoms with Crippen LogP contribution < -0.4 is 0 Å². The molecule has 0 aromatic heterocycles. The van der Waals surface area contributed by atoms with Crippen molar-refractivity contribution in [3.63, 3.8) is 0 Å². The molecule has 5 heteroatoms. The quantitative estimate of drug-likeness (QED) is 0.294. The molecule has 1 aromatic carbocycles. The topological polar surface area (TPSA) is 0 Å². The van der Waals surface area contributed by atoms with Gasteiger partial charge in [-0.2, -0.15) is 0 Å². The Morgan fingerprint density at radius 2 is 1.20 bits per heavy atom. The lowest BCUT2D eigenvalue weighted by Crippen LogP contribution is -2.05. The van der Waals surface area contributed by atoms with Crippen molar-refractivity contribution in [2.45, 2.75) is 0 Å². The highest BCUT2D eigenvalue weighted by Gasteiger charge is 2.26. The summed E-state index contributed by atoms with van der Waals surface area (Å²) in [5, 5.41) is 0. The van der Waals surface area contributed by atoms with E-state index >= 15 is 0 Å². The summed E-state index contributed by atoms with van der Waals surface area (Å²) in [7, 11) is 0. The van der Waals surface area contributed by atoms with Crippen molar-refractivity contribution in [1.82, 2.24) is 0 Å². The van der Waals surface area contributed by atoms with E-state index < -0.39 is 40.2 Å². The molecule has 0 radical (unpaired) electrons. The summed E-state index contributed by atoms with van der Waals surface area (Å²) in [6, 6.07) is 0. The molecule has 15 heavy (non-hydrogen) atoms.